The van der Waals surface area contributed by atoms with Gasteiger partial charge in [-0.15, -0.1) is 10.2 Å². The molecule has 112 valence electrons. The fourth-order valence-corrected chi connectivity index (χ4v) is 3.83. The van der Waals surface area contributed by atoms with Crippen molar-refractivity contribution in [3.05, 3.63) is 10.8 Å². The first-order chi connectivity index (χ1) is 10.3. The van der Waals surface area contributed by atoms with E-state index in [0.29, 0.717) is 12.5 Å². The van der Waals surface area contributed by atoms with E-state index in [9.17, 15) is 4.79 Å². The summed E-state index contributed by atoms with van der Waals surface area (Å²) < 4.78 is 1.89. The van der Waals surface area contributed by atoms with E-state index >= 15 is 0 Å². The third kappa shape index (κ3) is 2.66. The monoisotopic (exact) mass is 305 g/mol. The molecule has 0 spiro atoms. The molecule has 6 nitrogen and oxygen atoms in total. The maximum atomic E-state index is 12.0. The zero-order valence-corrected chi connectivity index (χ0v) is 12.7. The van der Waals surface area contributed by atoms with Crippen molar-refractivity contribution in [2.75, 3.05) is 6.54 Å². The first kappa shape index (κ1) is 13.2. The Morgan fingerprint density at radius 2 is 2.05 bits per heavy atom. The summed E-state index contributed by atoms with van der Waals surface area (Å²) in [6, 6.07) is 0. The second-order valence-corrected chi connectivity index (χ2v) is 7.09. The van der Waals surface area contributed by atoms with Crippen molar-refractivity contribution in [2.24, 2.45) is 5.92 Å². The lowest BCUT2D eigenvalue weighted by Crippen LogP contribution is -2.30. The van der Waals surface area contributed by atoms with Crippen molar-refractivity contribution >= 4 is 22.2 Å². The van der Waals surface area contributed by atoms with Gasteiger partial charge in [0, 0.05) is 24.8 Å². The Kier molecular flexibility index (Phi) is 3.37. The Balaban J connectivity index is 1.35. The minimum absolute atomic E-state index is 0.217. The number of carbonyl (C=O) groups is 1. The summed E-state index contributed by atoms with van der Waals surface area (Å²) in [5, 5.41) is 17.0. The maximum absolute atomic E-state index is 12.0. The van der Waals surface area contributed by atoms with Crippen LogP contribution in [-0.2, 0) is 11.2 Å². The van der Waals surface area contributed by atoms with E-state index in [4.69, 9.17) is 0 Å². The number of nitrogens with zero attached hydrogens (tertiary/aromatic N) is 4. The van der Waals surface area contributed by atoms with Gasteiger partial charge in [0.1, 0.15) is 5.01 Å². The molecule has 2 aromatic rings. The summed E-state index contributed by atoms with van der Waals surface area (Å²) in [4.78, 5) is 12.8. The summed E-state index contributed by atoms with van der Waals surface area (Å²) in [5.74, 6) is 2.01. The molecule has 2 saturated carbocycles. The van der Waals surface area contributed by atoms with E-state index < -0.39 is 0 Å². The summed E-state index contributed by atoms with van der Waals surface area (Å²) >= 11 is 1.57. The fourth-order valence-electron chi connectivity index (χ4n) is 2.99. The van der Waals surface area contributed by atoms with Crippen molar-refractivity contribution < 1.29 is 4.79 Å². The van der Waals surface area contributed by atoms with Crippen LogP contribution in [-0.4, -0.2) is 32.3 Å². The molecule has 2 aliphatic carbocycles. The van der Waals surface area contributed by atoms with Crippen molar-refractivity contribution in [3.63, 3.8) is 0 Å². The molecule has 0 bridgehead atoms. The fraction of sp³-hybridized carbons (Fsp3) is 0.714. The topological polar surface area (TPSA) is 72.2 Å². The largest absolute Gasteiger partial charge is 0.355 e. The van der Waals surface area contributed by atoms with Crippen molar-refractivity contribution in [1.29, 1.82) is 0 Å². The van der Waals surface area contributed by atoms with Crippen LogP contribution in [0.25, 0.3) is 4.96 Å². The summed E-state index contributed by atoms with van der Waals surface area (Å²) in [5.41, 5.74) is 0. The number of nitrogens with one attached hydrogen (secondary N) is 1. The van der Waals surface area contributed by atoms with Gasteiger partial charge in [-0.1, -0.05) is 24.2 Å². The highest BCUT2D eigenvalue weighted by atomic mass is 32.1. The highest BCUT2D eigenvalue weighted by molar-refractivity contribution is 7.16. The molecule has 2 aromatic heterocycles. The molecular formula is C14H19N5OS. The highest BCUT2D eigenvalue weighted by Gasteiger charge is 2.30. The maximum Gasteiger partial charge on any atom is 0.234 e. The van der Waals surface area contributed by atoms with E-state index in [1.165, 1.54) is 25.7 Å². The average Bonchev–Trinajstić information content (AvgIpc) is 2.92. The molecule has 1 N–H and O–H groups in total. The molecule has 2 heterocycles. The van der Waals surface area contributed by atoms with E-state index in [1.807, 2.05) is 4.52 Å². The molecule has 1 amide bonds. The normalized spacial score (nSPS) is 19.4. The summed E-state index contributed by atoms with van der Waals surface area (Å²) in [6.45, 7) is 0.665. The molecule has 2 aliphatic rings. The lowest BCUT2D eigenvalue weighted by Gasteiger charge is -2.09. The molecule has 21 heavy (non-hydrogen) atoms. The molecule has 7 heteroatoms. The Labute approximate surface area is 126 Å². The number of hydrogen-bond acceptors (Lipinski definition) is 5. The van der Waals surface area contributed by atoms with Gasteiger partial charge in [0.2, 0.25) is 10.9 Å². The number of hydrogen-bond donors (Lipinski definition) is 1. The average molecular weight is 305 g/mol. The molecule has 0 radical (unpaired) electrons. The number of rotatable bonds is 5. The zero-order chi connectivity index (χ0) is 14.2. The van der Waals surface area contributed by atoms with Crippen LogP contribution in [0.4, 0.5) is 0 Å². The Morgan fingerprint density at radius 1 is 1.24 bits per heavy atom. The van der Waals surface area contributed by atoms with Gasteiger partial charge in [-0.05, 0) is 25.7 Å². The van der Waals surface area contributed by atoms with Crippen LogP contribution in [0.5, 0.6) is 0 Å². The lowest BCUT2D eigenvalue weighted by molar-refractivity contribution is -0.124. The standard InChI is InChI=1S/C14H19N5OS/c20-13(10-3-1-2-4-10)15-8-7-11-18-19-12(9-5-6-9)16-17-14(19)21-11/h9-10H,1-8H2,(H,15,20). The number of carbonyl (C=O) groups excluding carboxylic acids is 1. The van der Waals surface area contributed by atoms with E-state index in [2.05, 4.69) is 20.6 Å². The molecule has 4 rings (SSSR count). The SMILES string of the molecule is O=C(NCCc1nn2c(C3CC3)nnc2s1)C1CCCC1. The molecule has 0 unspecified atom stereocenters. The van der Waals surface area contributed by atoms with Crippen LogP contribution in [0.1, 0.15) is 55.3 Å². The van der Waals surface area contributed by atoms with E-state index in [-0.39, 0.29) is 11.8 Å². The highest BCUT2D eigenvalue weighted by Crippen LogP contribution is 2.39. The van der Waals surface area contributed by atoms with Crippen LogP contribution in [0.2, 0.25) is 0 Å². The Morgan fingerprint density at radius 3 is 2.81 bits per heavy atom. The van der Waals surface area contributed by atoms with Gasteiger partial charge in [0.25, 0.3) is 0 Å². The van der Waals surface area contributed by atoms with Crippen molar-refractivity contribution in [3.8, 4) is 0 Å². The quantitative estimate of drug-likeness (QED) is 0.916. The van der Waals surface area contributed by atoms with Crippen molar-refractivity contribution in [1.82, 2.24) is 25.1 Å². The molecule has 0 saturated heterocycles. The first-order valence-electron chi connectivity index (χ1n) is 7.80. The summed E-state index contributed by atoms with van der Waals surface area (Å²) in [6.07, 6.45) is 7.66. The molecule has 0 atom stereocenters. The first-order valence-corrected chi connectivity index (χ1v) is 8.61. The lowest BCUT2D eigenvalue weighted by atomic mass is 10.1. The molecule has 2 fully saturated rings. The van der Waals surface area contributed by atoms with Crippen LogP contribution in [0.15, 0.2) is 0 Å². The van der Waals surface area contributed by atoms with Gasteiger partial charge in [-0.25, -0.2) is 0 Å². The third-order valence-corrected chi connectivity index (χ3v) is 5.32. The Hall–Kier alpha value is -1.50. The van der Waals surface area contributed by atoms with Gasteiger partial charge in [0.05, 0.1) is 0 Å². The number of amides is 1. The predicted octanol–water partition coefficient (Wildman–Crippen LogP) is 1.91. The van der Waals surface area contributed by atoms with E-state index in [0.717, 1.165) is 35.1 Å². The van der Waals surface area contributed by atoms with Gasteiger partial charge >= 0.3 is 0 Å². The predicted molar refractivity (Wildman–Crippen MR) is 79.3 cm³/mol. The minimum Gasteiger partial charge on any atom is -0.355 e. The van der Waals surface area contributed by atoms with Crippen LogP contribution in [0, 0.1) is 5.92 Å². The molecular weight excluding hydrogens is 286 g/mol. The van der Waals surface area contributed by atoms with Gasteiger partial charge in [-0.3, -0.25) is 4.79 Å². The van der Waals surface area contributed by atoms with Crippen LogP contribution in [0.3, 0.4) is 0 Å². The zero-order valence-electron chi connectivity index (χ0n) is 11.9. The van der Waals surface area contributed by atoms with Crippen molar-refractivity contribution in [2.45, 2.75) is 50.9 Å². The van der Waals surface area contributed by atoms with Crippen LogP contribution < -0.4 is 5.32 Å². The third-order valence-electron chi connectivity index (χ3n) is 4.36. The molecule has 0 aromatic carbocycles. The van der Waals surface area contributed by atoms with Gasteiger partial charge in [0.15, 0.2) is 5.82 Å². The van der Waals surface area contributed by atoms with Gasteiger partial charge < -0.3 is 5.32 Å². The smallest absolute Gasteiger partial charge is 0.234 e. The van der Waals surface area contributed by atoms with Gasteiger partial charge in [-0.2, -0.15) is 9.61 Å². The molecule has 0 aliphatic heterocycles. The second-order valence-electron chi connectivity index (χ2n) is 6.05. The summed E-state index contributed by atoms with van der Waals surface area (Å²) in [7, 11) is 0. The second kappa shape index (κ2) is 5.36. The Bertz CT molecular complexity index is 653. The van der Waals surface area contributed by atoms with Crippen LogP contribution >= 0.6 is 11.3 Å². The number of fused-ring (bicyclic) bond motifs is 1. The minimum atomic E-state index is 0.217. The number of aromatic nitrogens is 4. The van der Waals surface area contributed by atoms with E-state index in [1.54, 1.807) is 11.3 Å².